The normalized spacial score (nSPS) is 12.4. The number of benzene rings is 1. The lowest BCUT2D eigenvalue weighted by atomic mass is 10.0. The Balaban J connectivity index is 2.09. The molecule has 0 radical (unpaired) electrons. The van der Waals surface area contributed by atoms with Gasteiger partial charge in [0, 0.05) is 30.2 Å². The summed E-state index contributed by atoms with van der Waals surface area (Å²) in [7, 11) is 2.06. The highest BCUT2D eigenvalue weighted by atomic mass is 32.1. The van der Waals surface area contributed by atoms with E-state index in [-0.39, 0.29) is 11.9 Å². The predicted molar refractivity (Wildman–Crippen MR) is 89.7 cm³/mol. The summed E-state index contributed by atoms with van der Waals surface area (Å²) in [5.74, 6) is -0.191. The molecule has 0 aliphatic heterocycles. The van der Waals surface area contributed by atoms with Crippen LogP contribution in [0.2, 0.25) is 0 Å². The fraction of sp³-hybridized carbons (Fsp3) is 0.412. The summed E-state index contributed by atoms with van der Waals surface area (Å²) in [6.07, 6.45) is 2.62. The topological polar surface area (TPSA) is 29.3 Å². The SMILES string of the molecule is CCC(N)Cc1cc(F)ccc1N(C)CCc1cccs1. The summed E-state index contributed by atoms with van der Waals surface area (Å²) in [5.41, 5.74) is 8.11. The summed E-state index contributed by atoms with van der Waals surface area (Å²) in [4.78, 5) is 3.56. The molecule has 1 aromatic carbocycles. The molecule has 0 fully saturated rings. The molecule has 2 aromatic rings. The van der Waals surface area contributed by atoms with Gasteiger partial charge in [-0.05, 0) is 54.5 Å². The van der Waals surface area contributed by atoms with Crippen LogP contribution in [0.1, 0.15) is 23.8 Å². The molecule has 0 amide bonds. The van der Waals surface area contributed by atoms with E-state index in [1.54, 1.807) is 17.4 Å². The molecule has 0 aliphatic rings. The Bertz CT molecular complexity index is 554. The van der Waals surface area contributed by atoms with Crippen LogP contribution >= 0.6 is 11.3 Å². The largest absolute Gasteiger partial charge is 0.374 e. The van der Waals surface area contributed by atoms with Crippen molar-refractivity contribution in [2.75, 3.05) is 18.5 Å². The van der Waals surface area contributed by atoms with Crippen molar-refractivity contribution in [3.8, 4) is 0 Å². The van der Waals surface area contributed by atoms with E-state index in [1.807, 2.05) is 6.07 Å². The minimum Gasteiger partial charge on any atom is -0.374 e. The molecule has 114 valence electrons. The molecule has 1 aromatic heterocycles. The van der Waals surface area contributed by atoms with Crippen LogP contribution in [0.5, 0.6) is 0 Å². The molecule has 0 saturated heterocycles. The minimum atomic E-state index is -0.191. The van der Waals surface area contributed by atoms with Crippen molar-refractivity contribution in [3.05, 3.63) is 52.0 Å². The van der Waals surface area contributed by atoms with E-state index in [0.29, 0.717) is 6.42 Å². The van der Waals surface area contributed by atoms with Gasteiger partial charge in [-0.1, -0.05) is 13.0 Å². The van der Waals surface area contributed by atoms with Crippen molar-refractivity contribution < 1.29 is 4.39 Å². The van der Waals surface area contributed by atoms with Gasteiger partial charge < -0.3 is 10.6 Å². The first-order chi connectivity index (χ1) is 10.1. The van der Waals surface area contributed by atoms with Gasteiger partial charge in [-0.3, -0.25) is 0 Å². The van der Waals surface area contributed by atoms with E-state index in [1.165, 1.54) is 10.9 Å². The van der Waals surface area contributed by atoms with Crippen molar-refractivity contribution in [1.82, 2.24) is 0 Å². The van der Waals surface area contributed by atoms with Gasteiger partial charge in [0.05, 0.1) is 0 Å². The quantitative estimate of drug-likeness (QED) is 0.842. The fourth-order valence-electron chi connectivity index (χ4n) is 2.37. The maximum absolute atomic E-state index is 13.5. The van der Waals surface area contributed by atoms with Crippen molar-refractivity contribution in [2.24, 2.45) is 5.73 Å². The molecule has 4 heteroatoms. The molecule has 0 aliphatic carbocycles. The first-order valence-electron chi connectivity index (χ1n) is 7.37. The Morgan fingerprint density at radius 3 is 2.81 bits per heavy atom. The second-order valence-electron chi connectivity index (χ2n) is 5.40. The van der Waals surface area contributed by atoms with E-state index in [0.717, 1.165) is 30.6 Å². The zero-order valence-electron chi connectivity index (χ0n) is 12.7. The van der Waals surface area contributed by atoms with Gasteiger partial charge >= 0.3 is 0 Å². The van der Waals surface area contributed by atoms with Crippen LogP contribution in [-0.4, -0.2) is 19.6 Å². The molecule has 2 rings (SSSR count). The highest BCUT2D eigenvalue weighted by molar-refractivity contribution is 7.09. The second-order valence-corrected chi connectivity index (χ2v) is 6.43. The van der Waals surface area contributed by atoms with Crippen LogP contribution in [-0.2, 0) is 12.8 Å². The first-order valence-corrected chi connectivity index (χ1v) is 8.25. The average Bonchev–Trinajstić information content (AvgIpc) is 2.98. The number of anilines is 1. The number of likely N-dealkylation sites (N-methyl/N-ethyl adjacent to an activating group) is 1. The molecule has 21 heavy (non-hydrogen) atoms. The lowest BCUT2D eigenvalue weighted by Crippen LogP contribution is -2.25. The molecular weight excluding hydrogens is 283 g/mol. The van der Waals surface area contributed by atoms with Crippen molar-refractivity contribution in [1.29, 1.82) is 0 Å². The smallest absolute Gasteiger partial charge is 0.123 e. The highest BCUT2D eigenvalue weighted by Gasteiger charge is 2.12. The monoisotopic (exact) mass is 306 g/mol. The third kappa shape index (κ3) is 4.55. The zero-order chi connectivity index (χ0) is 15.2. The van der Waals surface area contributed by atoms with E-state index in [2.05, 4.69) is 36.4 Å². The van der Waals surface area contributed by atoms with E-state index in [4.69, 9.17) is 5.73 Å². The number of halogens is 1. The van der Waals surface area contributed by atoms with E-state index < -0.39 is 0 Å². The molecule has 1 atom stereocenters. The van der Waals surface area contributed by atoms with Crippen LogP contribution in [0.15, 0.2) is 35.7 Å². The number of thiophene rings is 1. The van der Waals surface area contributed by atoms with Gasteiger partial charge in [-0.2, -0.15) is 0 Å². The number of nitrogens with zero attached hydrogens (tertiary/aromatic N) is 1. The lowest BCUT2D eigenvalue weighted by Gasteiger charge is -2.23. The van der Waals surface area contributed by atoms with Crippen LogP contribution in [0.4, 0.5) is 10.1 Å². The van der Waals surface area contributed by atoms with Crippen molar-refractivity contribution >= 4 is 17.0 Å². The molecule has 1 heterocycles. The Hall–Kier alpha value is -1.39. The second kappa shape index (κ2) is 7.57. The van der Waals surface area contributed by atoms with Crippen molar-refractivity contribution in [2.45, 2.75) is 32.2 Å². The summed E-state index contributed by atoms with van der Waals surface area (Å²) < 4.78 is 13.5. The van der Waals surface area contributed by atoms with E-state index in [9.17, 15) is 4.39 Å². The van der Waals surface area contributed by atoms with Crippen molar-refractivity contribution in [3.63, 3.8) is 0 Å². The predicted octanol–water partition coefficient (Wildman–Crippen LogP) is 3.85. The zero-order valence-corrected chi connectivity index (χ0v) is 13.5. The number of nitrogens with two attached hydrogens (primary N) is 1. The summed E-state index contributed by atoms with van der Waals surface area (Å²) in [6.45, 7) is 2.98. The molecule has 0 bridgehead atoms. The Morgan fingerprint density at radius 1 is 1.33 bits per heavy atom. The van der Waals surface area contributed by atoms with Crippen LogP contribution in [0.3, 0.4) is 0 Å². The molecule has 2 N–H and O–H groups in total. The maximum atomic E-state index is 13.5. The Labute approximate surface area is 130 Å². The average molecular weight is 306 g/mol. The third-order valence-electron chi connectivity index (χ3n) is 3.73. The molecular formula is C17H23FN2S. The standard InChI is InChI=1S/C17H23FN2S/c1-3-15(19)12-13-11-14(18)6-7-17(13)20(2)9-8-16-5-4-10-21-16/h4-7,10-11,15H,3,8-9,12,19H2,1-2H3. The highest BCUT2D eigenvalue weighted by Crippen LogP contribution is 2.23. The van der Waals surface area contributed by atoms with Gasteiger partial charge in [0.15, 0.2) is 0 Å². The van der Waals surface area contributed by atoms with E-state index >= 15 is 0 Å². The first kappa shape index (κ1) is 16.0. The molecule has 0 saturated carbocycles. The van der Waals surface area contributed by atoms with Gasteiger partial charge in [0.2, 0.25) is 0 Å². The summed E-state index contributed by atoms with van der Waals surface area (Å²) >= 11 is 1.77. The van der Waals surface area contributed by atoms with Gasteiger partial charge in [-0.25, -0.2) is 4.39 Å². The molecule has 1 unspecified atom stereocenters. The number of rotatable bonds is 7. The van der Waals surface area contributed by atoms with Gasteiger partial charge in [0.1, 0.15) is 5.82 Å². The van der Waals surface area contributed by atoms with Gasteiger partial charge in [0.25, 0.3) is 0 Å². The lowest BCUT2D eigenvalue weighted by molar-refractivity contribution is 0.613. The van der Waals surface area contributed by atoms with Gasteiger partial charge in [-0.15, -0.1) is 11.3 Å². The maximum Gasteiger partial charge on any atom is 0.123 e. The number of hydrogen-bond donors (Lipinski definition) is 1. The van der Waals surface area contributed by atoms with Crippen LogP contribution < -0.4 is 10.6 Å². The summed E-state index contributed by atoms with van der Waals surface area (Å²) in [5, 5.41) is 2.10. The minimum absolute atomic E-state index is 0.0799. The molecule has 2 nitrogen and oxygen atoms in total. The Morgan fingerprint density at radius 2 is 2.14 bits per heavy atom. The number of hydrogen-bond acceptors (Lipinski definition) is 3. The molecule has 0 spiro atoms. The van der Waals surface area contributed by atoms with Crippen LogP contribution in [0.25, 0.3) is 0 Å². The fourth-order valence-corrected chi connectivity index (χ4v) is 3.07. The third-order valence-corrected chi connectivity index (χ3v) is 4.67. The summed E-state index contributed by atoms with van der Waals surface area (Å²) in [6, 6.07) is 9.31. The van der Waals surface area contributed by atoms with Crippen LogP contribution in [0, 0.1) is 5.82 Å². The Kier molecular flexibility index (Phi) is 5.76.